The molecule has 0 amide bonds. The first-order valence-electron chi connectivity index (χ1n) is 6.89. The number of aliphatic hydroxyl groups is 1. The fourth-order valence-corrected chi connectivity index (χ4v) is 2.05. The Kier molecular flexibility index (Phi) is 8.07. The van der Waals surface area contributed by atoms with E-state index in [9.17, 15) is 5.11 Å². The molecule has 0 aliphatic carbocycles. The third-order valence-electron chi connectivity index (χ3n) is 3.15. The van der Waals surface area contributed by atoms with Gasteiger partial charge in [0.25, 0.3) is 0 Å². The van der Waals surface area contributed by atoms with Crippen molar-refractivity contribution in [2.24, 2.45) is 0 Å². The van der Waals surface area contributed by atoms with Gasteiger partial charge < -0.3 is 15.2 Å². The first kappa shape index (κ1) is 16.4. The molecule has 0 saturated heterocycles. The second-order valence-electron chi connectivity index (χ2n) is 4.68. The summed E-state index contributed by atoms with van der Waals surface area (Å²) in [6, 6.07) is 8.05. The van der Waals surface area contributed by atoms with E-state index in [0.29, 0.717) is 30.8 Å². The summed E-state index contributed by atoms with van der Waals surface area (Å²) >= 11 is 6.03. The molecule has 0 fully saturated rings. The number of ether oxygens (including phenoxy) is 1. The summed E-state index contributed by atoms with van der Waals surface area (Å²) in [5, 5.41) is 13.8. The summed E-state index contributed by atoms with van der Waals surface area (Å²) in [5.41, 5.74) is 0.948. The molecule has 4 heteroatoms. The third kappa shape index (κ3) is 6.39. The Hall–Kier alpha value is -0.610. The molecule has 0 radical (unpaired) electrons. The smallest absolute Gasteiger partial charge is 0.0897 e. The number of rotatable bonds is 9. The summed E-state index contributed by atoms with van der Waals surface area (Å²) in [7, 11) is 0. The van der Waals surface area contributed by atoms with Crippen LogP contribution in [0.2, 0.25) is 5.02 Å². The average Bonchev–Trinajstić information content (AvgIpc) is 2.42. The molecule has 19 heavy (non-hydrogen) atoms. The molecular formula is C15H24ClNO2. The van der Waals surface area contributed by atoms with Crippen LogP contribution in [0.1, 0.15) is 32.3 Å². The SMILES string of the molecule is CCC(CC)NCC(O)COCc1ccccc1Cl. The molecule has 1 rings (SSSR count). The number of nitrogens with one attached hydrogen (secondary N) is 1. The maximum atomic E-state index is 9.82. The van der Waals surface area contributed by atoms with Crippen LogP contribution in [-0.4, -0.2) is 30.4 Å². The van der Waals surface area contributed by atoms with Crippen LogP contribution in [0, 0.1) is 0 Å². The van der Waals surface area contributed by atoms with E-state index in [-0.39, 0.29) is 0 Å². The molecule has 0 aromatic heterocycles. The van der Waals surface area contributed by atoms with Crippen LogP contribution in [-0.2, 0) is 11.3 Å². The van der Waals surface area contributed by atoms with E-state index in [2.05, 4.69) is 19.2 Å². The van der Waals surface area contributed by atoms with E-state index in [1.807, 2.05) is 24.3 Å². The molecule has 1 aromatic rings. The van der Waals surface area contributed by atoms with Gasteiger partial charge in [0, 0.05) is 17.6 Å². The maximum Gasteiger partial charge on any atom is 0.0897 e. The number of benzene rings is 1. The third-order valence-corrected chi connectivity index (χ3v) is 3.52. The summed E-state index contributed by atoms with van der Waals surface area (Å²) in [6.45, 7) is 5.60. The normalized spacial score (nSPS) is 12.9. The lowest BCUT2D eigenvalue weighted by atomic mass is 10.1. The minimum atomic E-state index is -0.483. The molecule has 1 atom stereocenters. The molecule has 0 heterocycles. The summed E-state index contributed by atoms with van der Waals surface area (Å²) in [5.74, 6) is 0. The minimum absolute atomic E-state index is 0.318. The van der Waals surface area contributed by atoms with Gasteiger partial charge in [-0.3, -0.25) is 0 Å². The molecular weight excluding hydrogens is 262 g/mol. The van der Waals surface area contributed by atoms with Gasteiger partial charge in [0.05, 0.1) is 19.3 Å². The minimum Gasteiger partial charge on any atom is -0.389 e. The Balaban J connectivity index is 2.20. The lowest BCUT2D eigenvalue weighted by Crippen LogP contribution is -2.36. The largest absolute Gasteiger partial charge is 0.389 e. The molecule has 2 N–H and O–H groups in total. The highest BCUT2D eigenvalue weighted by Gasteiger charge is 2.08. The Morgan fingerprint density at radius 1 is 1.26 bits per heavy atom. The zero-order chi connectivity index (χ0) is 14.1. The monoisotopic (exact) mass is 285 g/mol. The van der Waals surface area contributed by atoms with Gasteiger partial charge in [-0.05, 0) is 24.5 Å². The van der Waals surface area contributed by atoms with Gasteiger partial charge >= 0.3 is 0 Å². The lowest BCUT2D eigenvalue weighted by Gasteiger charge is -2.18. The Morgan fingerprint density at radius 3 is 2.58 bits per heavy atom. The molecule has 0 aliphatic heterocycles. The van der Waals surface area contributed by atoms with Crippen molar-refractivity contribution in [3.63, 3.8) is 0 Å². The summed E-state index contributed by atoms with van der Waals surface area (Å²) < 4.78 is 5.49. The van der Waals surface area contributed by atoms with Gasteiger partial charge in [-0.25, -0.2) is 0 Å². The second kappa shape index (κ2) is 9.32. The lowest BCUT2D eigenvalue weighted by molar-refractivity contribution is 0.0275. The van der Waals surface area contributed by atoms with Crippen LogP contribution in [0.3, 0.4) is 0 Å². The molecule has 0 saturated carbocycles. The van der Waals surface area contributed by atoms with Crippen molar-refractivity contribution in [1.82, 2.24) is 5.32 Å². The fraction of sp³-hybridized carbons (Fsp3) is 0.600. The second-order valence-corrected chi connectivity index (χ2v) is 5.09. The van der Waals surface area contributed by atoms with E-state index < -0.39 is 6.10 Å². The Morgan fingerprint density at radius 2 is 1.95 bits per heavy atom. The molecule has 1 aromatic carbocycles. The highest BCUT2D eigenvalue weighted by atomic mass is 35.5. The Bertz CT molecular complexity index is 356. The summed E-state index contributed by atoms with van der Waals surface area (Å²) in [4.78, 5) is 0. The van der Waals surface area contributed by atoms with Gasteiger partial charge in [0.1, 0.15) is 0 Å². The predicted molar refractivity (Wildman–Crippen MR) is 79.5 cm³/mol. The number of hydrogen-bond donors (Lipinski definition) is 2. The van der Waals surface area contributed by atoms with Gasteiger partial charge in [-0.15, -0.1) is 0 Å². The van der Waals surface area contributed by atoms with Crippen molar-refractivity contribution < 1.29 is 9.84 Å². The van der Waals surface area contributed by atoms with Crippen molar-refractivity contribution in [2.45, 2.75) is 45.4 Å². The van der Waals surface area contributed by atoms with Crippen molar-refractivity contribution in [3.05, 3.63) is 34.9 Å². The molecule has 0 bridgehead atoms. The molecule has 108 valence electrons. The predicted octanol–water partition coefficient (Wildman–Crippen LogP) is 3.00. The van der Waals surface area contributed by atoms with Crippen LogP contribution in [0.25, 0.3) is 0 Å². The van der Waals surface area contributed by atoms with Crippen molar-refractivity contribution in [1.29, 1.82) is 0 Å². The first-order valence-corrected chi connectivity index (χ1v) is 7.27. The zero-order valence-corrected chi connectivity index (χ0v) is 12.5. The number of hydrogen-bond acceptors (Lipinski definition) is 3. The standard InChI is InChI=1S/C15H24ClNO2/c1-3-13(4-2)17-9-14(18)11-19-10-12-7-5-6-8-15(12)16/h5-8,13-14,17-18H,3-4,9-11H2,1-2H3. The van der Waals surface area contributed by atoms with E-state index in [4.69, 9.17) is 16.3 Å². The van der Waals surface area contributed by atoms with Crippen LogP contribution < -0.4 is 5.32 Å². The fourth-order valence-electron chi connectivity index (χ4n) is 1.86. The van der Waals surface area contributed by atoms with Gasteiger partial charge in [-0.1, -0.05) is 43.6 Å². The molecule has 0 aliphatic rings. The first-order chi connectivity index (χ1) is 9.17. The van der Waals surface area contributed by atoms with Crippen LogP contribution >= 0.6 is 11.6 Å². The molecule has 3 nitrogen and oxygen atoms in total. The van der Waals surface area contributed by atoms with Crippen LogP contribution in [0.15, 0.2) is 24.3 Å². The zero-order valence-electron chi connectivity index (χ0n) is 11.7. The van der Waals surface area contributed by atoms with Crippen LogP contribution in [0.4, 0.5) is 0 Å². The van der Waals surface area contributed by atoms with Crippen LogP contribution in [0.5, 0.6) is 0 Å². The van der Waals surface area contributed by atoms with Crippen molar-refractivity contribution in [3.8, 4) is 0 Å². The van der Waals surface area contributed by atoms with Crippen molar-refractivity contribution >= 4 is 11.6 Å². The van der Waals surface area contributed by atoms with Gasteiger partial charge in [0.2, 0.25) is 0 Å². The summed E-state index contributed by atoms with van der Waals surface area (Å²) in [6.07, 6.45) is 1.66. The highest BCUT2D eigenvalue weighted by Crippen LogP contribution is 2.15. The maximum absolute atomic E-state index is 9.82. The van der Waals surface area contributed by atoms with E-state index in [0.717, 1.165) is 18.4 Å². The van der Waals surface area contributed by atoms with E-state index in [1.54, 1.807) is 0 Å². The average molecular weight is 286 g/mol. The van der Waals surface area contributed by atoms with Gasteiger partial charge in [-0.2, -0.15) is 0 Å². The molecule has 0 spiro atoms. The van der Waals surface area contributed by atoms with Crippen molar-refractivity contribution in [2.75, 3.05) is 13.2 Å². The Labute approximate surface area is 120 Å². The number of aliphatic hydroxyl groups excluding tert-OH is 1. The highest BCUT2D eigenvalue weighted by molar-refractivity contribution is 6.31. The molecule has 1 unspecified atom stereocenters. The van der Waals surface area contributed by atoms with E-state index >= 15 is 0 Å². The quantitative estimate of drug-likeness (QED) is 0.733. The van der Waals surface area contributed by atoms with E-state index in [1.165, 1.54) is 0 Å². The number of halogens is 1. The topological polar surface area (TPSA) is 41.5 Å². The van der Waals surface area contributed by atoms with Gasteiger partial charge in [0.15, 0.2) is 0 Å².